The Balaban J connectivity index is 3.93. The first kappa shape index (κ1) is 26.7. The molecular formula is C19H40N4O5. The SMILES string of the molecule is CCCNC(=O)CN(CCOCCOCCOCCNC)CC(=O)NCCC. The second-order valence-corrected chi connectivity index (χ2v) is 6.35. The Morgan fingerprint density at radius 1 is 0.714 bits per heavy atom. The Morgan fingerprint density at radius 3 is 1.64 bits per heavy atom. The number of carbonyl (C=O) groups excluding carboxylic acids is 2. The highest BCUT2D eigenvalue weighted by atomic mass is 16.5. The fourth-order valence-electron chi connectivity index (χ4n) is 2.17. The minimum atomic E-state index is -0.0771. The van der Waals surface area contributed by atoms with E-state index in [1.165, 1.54) is 0 Å². The molecule has 166 valence electrons. The molecule has 3 N–H and O–H groups in total. The van der Waals surface area contributed by atoms with Gasteiger partial charge in [-0.3, -0.25) is 14.5 Å². The van der Waals surface area contributed by atoms with Crippen LogP contribution >= 0.6 is 0 Å². The Labute approximate surface area is 169 Å². The largest absolute Gasteiger partial charge is 0.378 e. The lowest BCUT2D eigenvalue weighted by molar-refractivity contribution is -0.125. The molecule has 0 aromatic carbocycles. The number of likely N-dealkylation sites (N-methyl/N-ethyl adjacent to an activating group) is 1. The highest BCUT2D eigenvalue weighted by Crippen LogP contribution is 1.91. The molecule has 0 aromatic heterocycles. The molecule has 9 heteroatoms. The molecule has 9 nitrogen and oxygen atoms in total. The van der Waals surface area contributed by atoms with Crippen molar-refractivity contribution in [1.82, 2.24) is 20.9 Å². The quantitative estimate of drug-likeness (QED) is 0.238. The predicted molar refractivity (Wildman–Crippen MR) is 109 cm³/mol. The minimum absolute atomic E-state index is 0.0771. The van der Waals surface area contributed by atoms with Gasteiger partial charge in [-0.15, -0.1) is 0 Å². The molecule has 0 aliphatic heterocycles. The molecule has 0 aromatic rings. The maximum absolute atomic E-state index is 11.9. The zero-order valence-corrected chi connectivity index (χ0v) is 17.9. The van der Waals surface area contributed by atoms with Gasteiger partial charge in [-0.25, -0.2) is 0 Å². The lowest BCUT2D eigenvalue weighted by atomic mass is 10.4. The molecule has 28 heavy (non-hydrogen) atoms. The Morgan fingerprint density at radius 2 is 1.18 bits per heavy atom. The van der Waals surface area contributed by atoms with Gasteiger partial charge < -0.3 is 30.2 Å². The van der Waals surface area contributed by atoms with Crippen LogP contribution < -0.4 is 16.0 Å². The third kappa shape index (κ3) is 18.1. The summed E-state index contributed by atoms with van der Waals surface area (Å²) in [5.74, 6) is -0.154. The van der Waals surface area contributed by atoms with Crippen LogP contribution in [0.2, 0.25) is 0 Å². The molecule has 0 rings (SSSR count). The van der Waals surface area contributed by atoms with E-state index in [0.717, 1.165) is 19.4 Å². The van der Waals surface area contributed by atoms with Crippen molar-refractivity contribution in [2.75, 3.05) is 86.0 Å². The van der Waals surface area contributed by atoms with Gasteiger partial charge >= 0.3 is 0 Å². The average molecular weight is 405 g/mol. The summed E-state index contributed by atoms with van der Waals surface area (Å²) in [6, 6.07) is 0. The van der Waals surface area contributed by atoms with Crippen molar-refractivity contribution in [2.24, 2.45) is 0 Å². The number of hydrogen-bond donors (Lipinski definition) is 3. The molecule has 0 heterocycles. The van der Waals surface area contributed by atoms with Crippen LogP contribution in [0, 0.1) is 0 Å². The van der Waals surface area contributed by atoms with E-state index in [2.05, 4.69) is 16.0 Å². The van der Waals surface area contributed by atoms with Crippen LogP contribution in [-0.2, 0) is 23.8 Å². The summed E-state index contributed by atoms with van der Waals surface area (Å²) in [4.78, 5) is 25.7. The zero-order chi connectivity index (χ0) is 20.9. The number of rotatable bonds is 20. The van der Waals surface area contributed by atoms with Gasteiger partial charge in [-0.2, -0.15) is 0 Å². The Bertz CT molecular complexity index is 363. The molecular weight excluding hydrogens is 364 g/mol. The second-order valence-electron chi connectivity index (χ2n) is 6.35. The third-order valence-electron chi connectivity index (χ3n) is 3.67. The highest BCUT2D eigenvalue weighted by molar-refractivity contribution is 5.81. The smallest absolute Gasteiger partial charge is 0.234 e. The van der Waals surface area contributed by atoms with Gasteiger partial charge in [0.15, 0.2) is 0 Å². The molecule has 0 atom stereocenters. The summed E-state index contributed by atoms with van der Waals surface area (Å²) in [6.07, 6.45) is 1.76. The summed E-state index contributed by atoms with van der Waals surface area (Å²) in [5, 5.41) is 8.67. The van der Waals surface area contributed by atoms with Crippen LogP contribution in [-0.4, -0.2) is 103 Å². The van der Waals surface area contributed by atoms with Crippen molar-refractivity contribution in [2.45, 2.75) is 26.7 Å². The molecule has 0 aliphatic carbocycles. The molecule has 0 spiro atoms. The minimum Gasteiger partial charge on any atom is -0.378 e. The maximum Gasteiger partial charge on any atom is 0.234 e. The van der Waals surface area contributed by atoms with Gasteiger partial charge in [0, 0.05) is 26.2 Å². The number of hydrogen-bond acceptors (Lipinski definition) is 7. The molecule has 0 saturated carbocycles. The van der Waals surface area contributed by atoms with Crippen LogP contribution in [0.5, 0.6) is 0 Å². The first-order chi connectivity index (χ1) is 13.6. The first-order valence-electron chi connectivity index (χ1n) is 10.3. The monoisotopic (exact) mass is 404 g/mol. The molecule has 0 fully saturated rings. The standard InChI is InChI=1S/C19H40N4O5/c1-4-6-21-18(24)16-23(17-19(25)22-7-5-2)9-11-27-13-15-28-14-12-26-10-8-20-3/h20H,4-17H2,1-3H3,(H,21,24)(H,22,25). The summed E-state index contributed by atoms with van der Waals surface area (Å²) in [6.45, 7) is 10.1. The van der Waals surface area contributed by atoms with Crippen LogP contribution in [0.4, 0.5) is 0 Å². The number of nitrogens with one attached hydrogen (secondary N) is 3. The number of nitrogens with zero attached hydrogens (tertiary/aromatic N) is 1. The van der Waals surface area contributed by atoms with E-state index < -0.39 is 0 Å². The van der Waals surface area contributed by atoms with Gasteiger partial charge in [0.1, 0.15) is 0 Å². The fourth-order valence-corrected chi connectivity index (χ4v) is 2.17. The predicted octanol–water partition coefficient (Wildman–Crippen LogP) is -0.390. The van der Waals surface area contributed by atoms with Crippen LogP contribution in [0.15, 0.2) is 0 Å². The van der Waals surface area contributed by atoms with Crippen LogP contribution in [0.1, 0.15) is 26.7 Å². The lowest BCUT2D eigenvalue weighted by Crippen LogP contribution is -2.44. The lowest BCUT2D eigenvalue weighted by Gasteiger charge is -2.21. The van der Waals surface area contributed by atoms with E-state index in [0.29, 0.717) is 59.3 Å². The molecule has 0 unspecified atom stereocenters. The van der Waals surface area contributed by atoms with E-state index in [-0.39, 0.29) is 24.9 Å². The van der Waals surface area contributed by atoms with E-state index in [1.807, 2.05) is 20.9 Å². The second kappa shape index (κ2) is 20.5. The summed E-state index contributed by atoms with van der Waals surface area (Å²) in [5.41, 5.74) is 0. The van der Waals surface area contributed by atoms with E-state index in [1.54, 1.807) is 4.90 Å². The van der Waals surface area contributed by atoms with Gasteiger partial charge in [0.05, 0.1) is 52.7 Å². The van der Waals surface area contributed by atoms with Crippen molar-refractivity contribution < 1.29 is 23.8 Å². The first-order valence-corrected chi connectivity index (χ1v) is 10.3. The van der Waals surface area contributed by atoms with Crippen LogP contribution in [0.25, 0.3) is 0 Å². The Hall–Kier alpha value is -1.26. The number of amides is 2. The molecule has 2 amide bonds. The third-order valence-corrected chi connectivity index (χ3v) is 3.67. The maximum atomic E-state index is 11.9. The molecule has 0 bridgehead atoms. The summed E-state index contributed by atoms with van der Waals surface area (Å²) in [7, 11) is 1.88. The van der Waals surface area contributed by atoms with Gasteiger partial charge in [0.2, 0.25) is 11.8 Å². The van der Waals surface area contributed by atoms with E-state index >= 15 is 0 Å². The van der Waals surface area contributed by atoms with Crippen molar-refractivity contribution in [1.29, 1.82) is 0 Å². The van der Waals surface area contributed by atoms with Gasteiger partial charge in [-0.05, 0) is 19.9 Å². The molecule has 0 aliphatic rings. The average Bonchev–Trinajstić information content (AvgIpc) is 2.68. The van der Waals surface area contributed by atoms with Crippen molar-refractivity contribution in [3.63, 3.8) is 0 Å². The number of carbonyl (C=O) groups is 2. The van der Waals surface area contributed by atoms with Gasteiger partial charge in [-0.1, -0.05) is 13.8 Å². The topological polar surface area (TPSA) is 101 Å². The van der Waals surface area contributed by atoms with Crippen molar-refractivity contribution >= 4 is 11.8 Å². The fraction of sp³-hybridized carbons (Fsp3) is 0.895. The molecule has 0 saturated heterocycles. The Kier molecular flexibility index (Phi) is 19.6. The van der Waals surface area contributed by atoms with Crippen molar-refractivity contribution in [3.05, 3.63) is 0 Å². The molecule has 0 radical (unpaired) electrons. The summed E-state index contributed by atoms with van der Waals surface area (Å²) >= 11 is 0. The highest BCUT2D eigenvalue weighted by Gasteiger charge is 2.14. The van der Waals surface area contributed by atoms with Gasteiger partial charge in [0.25, 0.3) is 0 Å². The summed E-state index contributed by atoms with van der Waals surface area (Å²) < 4.78 is 16.3. The zero-order valence-electron chi connectivity index (χ0n) is 17.9. The van der Waals surface area contributed by atoms with Crippen molar-refractivity contribution in [3.8, 4) is 0 Å². The number of ether oxygens (including phenoxy) is 3. The van der Waals surface area contributed by atoms with E-state index in [9.17, 15) is 9.59 Å². The normalized spacial score (nSPS) is 11.0. The van der Waals surface area contributed by atoms with E-state index in [4.69, 9.17) is 14.2 Å². The van der Waals surface area contributed by atoms with Crippen LogP contribution in [0.3, 0.4) is 0 Å².